The molecule has 0 spiro atoms. The van der Waals surface area contributed by atoms with E-state index in [-0.39, 0.29) is 33.8 Å². The molecule has 0 aliphatic carbocycles. The predicted molar refractivity (Wildman–Crippen MR) is 152 cm³/mol. The van der Waals surface area contributed by atoms with Crippen molar-refractivity contribution in [3.05, 3.63) is 96.8 Å². The molecule has 0 fully saturated rings. The number of pyridine rings is 1. The van der Waals surface area contributed by atoms with Crippen LogP contribution in [-0.2, 0) is 16.9 Å². The van der Waals surface area contributed by atoms with Crippen molar-refractivity contribution in [3.8, 4) is 45.6 Å². The van der Waals surface area contributed by atoms with Crippen LogP contribution in [0, 0.1) is 11.6 Å². The molecule has 3 aromatic heterocycles. The highest BCUT2D eigenvalue weighted by Crippen LogP contribution is 2.40. The summed E-state index contributed by atoms with van der Waals surface area (Å²) in [6.07, 6.45) is 3.15. The lowest BCUT2D eigenvalue weighted by molar-refractivity contribution is 0.389. The summed E-state index contributed by atoms with van der Waals surface area (Å²) in [5.74, 6) is -1.85. The van der Waals surface area contributed by atoms with Crippen LogP contribution in [0.25, 0.3) is 33.7 Å². The number of nitrogens with one attached hydrogen (secondary N) is 1. The highest BCUT2D eigenvalue weighted by molar-refractivity contribution is 7.91. The first-order valence-corrected chi connectivity index (χ1v) is 14.5. The molecule has 212 valence electrons. The molecule has 42 heavy (non-hydrogen) atoms. The van der Waals surface area contributed by atoms with Gasteiger partial charge in [-0.15, -0.1) is 0 Å². The molecule has 0 unspecified atom stereocenters. The fourth-order valence-electron chi connectivity index (χ4n) is 4.35. The summed E-state index contributed by atoms with van der Waals surface area (Å²) >= 11 is 0. The summed E-state index contributed by atoms with van der Waals surface area (Å²) in [4.78, 5) is 12.0. The molecule has 0 atom stereocenters. The number of rotatable bonds is 8. The molecule has 12 heteroatoms. The molecule has 0 aliphatic rings. The first kappa shape index (κ1) is 27.1. The number of halogens is 2. The molecule has 0 saturated carbocycles. The van der Waals surface area contributed by atoms with Crippen LogP contribution in [0.1, 0.15) is 6.92 Å². The van der Waals surface area contributed by atoms with Crippen LogP contribution in [0.5, 0.6) is 23.0 Å². The molecule has 6 rings (SSSR count). The van der Waals surface area contributed by atoms with Gasteiger partial charge in [0.1, 0.15) is 11.4 Å². The Hall–Kier alpha value is -5.10. The van der Waals surface area contributed by atoms with Gasteiger partial charge in [0, 0.05) is 30.9 Å². The number of aromatic amines is 1. The monoisotopic (exact) mass is 587 g/mol. The van der Waals surface area contributed by atoms with Crippen molar-refractivity contribution in [2.45, 2.75) is 11.9 Å². The van der Waals surface area contributed by atoms with Gasteiger partial charge in [-0.3, -0.25) is 4.68 Å². The summed E-state index contributed by atoms with van der Waals surface area (Å²) in [6.45, 7) is 1.53. The summed E-state index contributed by atoms with van der Waals surface area (Å²) in [7, 11) is -1.69. The highest BCUT2D eigenvalue weighted by Gasteiger charge is 2.20. The van der Waals surface area contributed by atoms with E-state index in [0.717, 1.165) is 17.2 Å². The van der Waals surface area contributed by atoms with E-state index < -0.39 is 21.5 Å². The number of nitrogens with zero attached hydrogens (tertiary/aromatic N) is 4. The molecule has 0 amide bonds. The first-order valence-electron chi connectivity index (χ1n) is 12.8. The van der Waals surface area contributed by atoms with Gasteiger partial charge >= 0.3 is 0 Å². The Kier molecular flexibility index (Phi) is 6.91. The Morgan fingerprint density at radius 3 is 2.45 bits per heavy atom. The number of hydrogen-bond donors (Lipinski definition) is 1. The molecule has 0 bridgehead atoms. The zero-order chi connectivity index (χ0) is 29.4. The molecular formula is C30H23F2N5O4S. The van der Waals surface area contributed by atoms with E-state index >= 15 is 0 Å². The van der Waals surface area contributed by atoms with Crippen LogP contribution in [0.3, 0.4) is 0 Å². The van der Waals surface area contributed by atoms with Crippen molar-refractivity contribution in [3.63, 3.8) is 0 Å². The van der Waals surface area contributed by atoms with Gasteiger partial charge < -0.3 is 14.5 Å². The molecule has 0 aliphatic heterocycles. The molecule has 9 nitrogen and oxygen atoms in total. The standard InChI is InChI=1S/C30H23F2N5O4S/c1-3-42(38,39)27-13-12-19(16-33-27)40-25-14-22-23(15-26(25)41-24-11-7-10-21(31)28(24)32)35-30(34-22)29-20(17-37(2)36-29)18-8-5-4-6-9-18/h4-17H,3H2,1-2H3,(H,34,35). The van der Waals surface area contributed by atoms with Crippen LogP contribution >= 0.6 is 0 Å². The van der Waals surface area contributed by atoms with Gasteiger partial charge in [-0.2, -0.15) is 9.49 Å². The van der Waals surface area contributed by atoms with Gasteiger partial charge in [0.2, 0.25) is 5.82 Å². The van der Waals surface area contributed by atoms with Crippen molar-refractivity contribution in [2.75, 3.05) is 5.75 Å². The van der Waals surface area contributed by atoms with Crippen LogP contribution in [0.2, 0.25) is 0 Å². The summed E-state index contributed by atoms with van der Waals surface area (Å²) < 4.78 is 66.3. The van der Waals surface area contributed by atoms with Crippen molar-refractivity contribution in [1.82, 2.24) is 24.7 Å². The maximum Gasteiger partial charge on any atom is 0.201 e. The smallest absolute Gasteiger partial charge is 0.201 e. The highest BCUT2D eigenvalue weighted by atomic mass is 32.2. The van der Waals surface area contributed by atoms with E-state index in [4.69, 9.17) is 14.5 Å². The number of H-pyrrole nitrogens is 1. The lowest BCUT2D eigenvalue weighted by atomic mass is 10.1. The summed E-state index contributed by atoms with van der Waals surface area (Å²) in [5, 5.41) is 4.51. The van der Waals surface area contributed by atoms with Crippen molar-refractivity contribution >= 4 is 20.9 Å². The largest absolute Gasteiger partial charge is 0.452 e. The number of fused-ring (bicyclic) bond motifs is 1. The SMILES string of the molecule is CCS(=O)(=O)c1ccc(Oc2cc3[nH]c(-c4nn(C)cc4-c4ccccc4)nc3cc2Oc2cccc(F)c2F)cn1. The Labute approximate surface area is 239 Å². The third-order valence-electron chi connectivity index (χ3n) is 6.46. The number of ether oxygens (including phenoxy) is 2. The molecule has 0 radical (unpaired) electrons. The van der Waals surface area contributed by atoms with Crippen molar-refractivity contribution in [2.24, 2.45) is 7.05 Å². The summed E-state index contributed by atoms with van der Waals surface area (Å²) in [6, 6.07) is 19.2. The number of hydrogen-bond acceptors (Lipinski definition) is 7. The van der Waals surface area contributed by atoms with E-state index in [9.17, 15) is 17.2 Å². The van der Waals surface area contributed by atoms with E-state index in [1.165, 1.54) is 43.5 Å². The fraction of sp³-hybridized carbons (Fsp3) is 0.100. The number of benzene rings is 3. The van der Waals surface area contributed by atoms with Crippen molar-refractivity contribution < 1.29 is 26.7 Å². The van der Waals surface area contributed by atoms with Gasteiger partial charge in [0.15, 0.2) is 43.8 Å². The van der Waals surface area contributed by atoms with E-state index in [2.05, 4.69) is 15.1 Å². The van der Waals surface area contributed by atoms with E-state index in [1.807, 2.05) is 43.6 Å². The average molecular weight is 588 g/mol. The maximum absolute atomic E-state index is 14.5. The topological polar surface area (TPSA) is 112 Å². The molecule has 0 saturated heterocycles. The second-order valence-corrected chi connectivity index (χ2v) is 11.5. The first-order chi connectivity index (χ1) is 20.2. The molecule has 1 N–H and O–H groups in total. The third kappa shape index (κ3) is 5.19. The second kappa shape index (κ2) is 10.7. The van der Waals surface area contributed by atoms with Crippen LogP contribution in [-0.4, -0.2) is 38.9 Å². The normalized spacial score (nSPS) is 11.6. The van der Waals surface area contributed by atoms with E-state index in [0.29, 0.717) is 22.6 Å². The molecule has 3 aromatic carbocycles. The second-order valence-electron chi connectivity index (χ2n) is 9.32. The number of imidazole rings is 1. The number of aryl methyl sites for hydroxylation is 1. The lowest BCUT2D eigenvalue weighted by Gasteiger charge is -2.13. The molecule has 3 heterocycles. The minimum Gasteiger partial charge on any atom is -0.452 e. The van der Waals surface area contributed by atoms with Gasteiger partial charge in [0.05, 0.1) is 23.0 Å². The van der Waals surface area contributed by atoms with Crippen molar-refractivity contribution in [1.29, 1.82) is 0 Å². The average Bonchev–Trinajstić information content (AvgIpc) is 3.59. The number of aromatic nitrogens is 5. The predicted octanol–water partition coefficient (Wildman–Crippen LogP) is 6.68. The zero-order valence-corrected chi connectivity index (χ0v) is 23.2. The Bertz CT molecular complexity index is 2030. The Morgan fingerprint density at radius 2 is 1.71 bits per heavy atom. The van der Waals surface area contributed by atoms with Gasteiger partial charge in [0.25, 0.3) is 0 Å². The summed E-state index contributed by atoms with van der Waals surface area (Å²) in [5.41, 5.74) is 3.43. The molecule has 6 aromatic rings. The maximum atomic E-state index is 14.5. The van der Waals surface area contributed by atoms with Crippen LogP contribution in [0.15, 0.2) is 90.2 Å². The Balaban J connectivity index is 1.44. The zero-order valence-electron chi connectivity index (χ0n) is 22.4. The van der Waals surface area contributed by atoms with Gasteiger partial charge in [-0.1, -0.05) is 43.3 Å². The van der Waals surface area contributed by atoms with Crippen LogP contribution in [0.4, 0.5) is 8.78 Å². The van der Waals surface area contributed by atoms with Gasteiger partial charge in [-0.25, -0.2) is 22.8 Å². The third-order valence-corrected chi connectivity index (χ3v) is 8.10. The minimum absolute atomic E-state index is 0.0413. The molecular weight excluding hydrogens is 564 g/mol. The number of sulfone groups is 1. The minimum atomic E-state index is -3.51. The fourth-order valence-corrected chi connectivity index (χ4v) is 5.13. The lowest BCUT2D eigenvalue weighted by Crippen LogP contribution is -2.05. The quantitative estimate of drug-likeness (QED) is 0.211. The van der Waals surface area contributed by atoms with Gasteiger partial charge in [-0.05, 0) is 29.8 Å². The van der Waals surface area contributed by atoms with Crippen LogP contribution < -0.4 is 9.47 Å². The van der Waals surface area contributed by atoms with E-state index in [1.54, 1.807) is 10.7 Å². The Morgan fingerprint density at radius 1 is 0.929 bits per heavy atom.